The summed E-state index contributed by atoms with van der Waals surface area (Å²) in [7, 11) is 4.26. The van der Waals surface area contributed by atoms with Crippen molar-refractivity contribution in [2.24, 2.45) is 0 Å². The molecule has 0 amide bonds. The zero-order valence-electron chi connectivity index (χ0n) is 10.5. The predicted octanol–water partition coefficient (Wildman–Crippen LogP) is 3.65. The summed E-state index contributed by atoms with van der Waals surface area (Å²) < 4.78 is 0. The fourth-order valence-corrected chi connectivity index (χ4v) is 2.15. The molecular weight excluding hydrogens is 182 g/mol. The molecular formula is C14H23N. The number of hydrogen-bond donors (Lipinski definition) is 0. The lowest BCUT2D eigenvalue weighted by molar-refractivity contribution is 0.399. The third-order valence-corrected chi connectivity index (χ3v) is 2.97. The van der Waals surface area contributed by atoms with E-state index in [-0.39, 0.29) is 0 Å². The highest BCUT2D eigenvalue weighted by molar-refractivity contribution is 5.30. The maximum Gasteiger partial charge on any atom is 0.0230 e. The third kappa shape index (κ3) is 3.35. The summed E-state index contributed by atoms with van der Waals surface area (Å²) in [6.07, 6.45) is 2.47. The van der Waals surface area contributed by atoms with Gasteiger partial charge in [0.25, 0.3) is 0 Å². The number of nitrogens with zero attached hydrogens (tertiary/aromatic N) is 1. The molecule has 0 spiro atoms. The van der Waals surface area contributed by atoms with Crippen LogP contribution in [0.1, 0.15) is 43.7 Å². The van der Waals surface area contributed by atoms with Crippen LogP contribution in [0.4, 0.5) is 0 Å². The summed E-state index contributed by atoms with van der Waals surface area (Å²) in [5.41, 5.74) is 3.02. The maximum absolute atomic E-state index is 2.29. The molecule has 1 rings (SSSR count). The van der Waals surface area contributed by atoms with Crippen molar-refractivity contribution in [3.05, 3.63) is 35.4 Å². The van der Waals surface area contributed by atoms with E-state index >= 15 is 0 Å². The lowest BCUT2D eigenvalue weighted by Crippen LogP contribution is -2.13. The van der Waals surface area contributed by atoms with Crippen molar-refractivity contribution in [2.45, 2.75) is 39.2 Å². The van der Waals surface area contributed by atoms with Gasteiger partial charge in [-0.1, -0.05) is 38.1 Å². The van der Waals surface area contributed by atoms with Crippen LogP contribution in [0, 0.1) is 0 Å². The maximum atomic E-state index is 2.29. The van der Waals surface area contributed by atoms with Gasteiger partial charge >= 0.3 is 0 Å². The van der Waals surface area contributed by atoms with Crippen molar-refractivity contribution in [1.29, 1.82) is 0 Å². The average molecular weight is 205 g/mol. The van der Waals surface area contributed by atoms with Crippen molar-refractivity contribution < 1.29 is 0 Å². The summed E-state index contributed by atoms with van der Waals surface area (Å²) in [5.74, 6) is 0.723. The highest BCUT2D eigenvalue weighted by Crippen LogP contribution is 2.26. The first-order valence-electron chi connectivity index (χ1n) is 5.91. The molecule has 1 aromatic rings. The highest BCUT2D eigenvalue weighted by atomic mass is 15.0. The Hall–Kier alpha value is -0.820. The summed E-state index contributed by atoms with van der Waals surface area (Å²) in [6.45, 7) is 5.61. The Kier molecular flexibility index (Phi) is 4.83. The summed E-state index contributed by atoms with van der Waals surface area (Å²) in [5, 5.41) is 0. The van der Waals surface area contributed by atoms with Gasteiger partial charge in [0.05, 0.1) is 0 Å². The summed E-state index contributed by atoms with van der Waals surface area (Å²) in [4.78, 5) is 2.24. The molecule has 0 unspecified atom stereocenters. The van der Waals surface area contributed by atoms with E-state index in [1.54, 1.807) is 0 Å². The summed E-state index contributed by atoms with van der Waals surface area (Å²) in [6, 6.07) is 8.85. The molecule has 0 aliphatic carbocycles. The number of hydrogen-bond acceptors (Lipinski definition) is 1. The van der Waals surface area contributed by atoms with Crippen LogP contribution < -0.4 is 0 Å². The Labute approximate surface area is 94.1 Å². The molecule has 1 aromatic carbocycles. The molecule has 1 nitrogen and oxygen atoms in total. The predicted molar refractivity (Wildman–Crippen MR) is 67.2 cm³/mol. The van der Waals surface area contributed by atoms with E-state index in [9.17, 15) is 0 Å². The van der Waals surface area contributed by atoms with Crippen molar-refractivity contribution in [1.82, 2.24) is 4.90 Å². The van der Waals surface area contributed by atoms with E-state index in [2.05, 4.69) is 57.1 Å². The van der Waals surface area contributed by atoms with Crippen molar-refractivity contribution >= 4 is 0 Å². The van der Waals surface area contributed by atoms with Gasteiger partial charge in [-0.05, 0) is 44.0 Å². The first-order valence-corrected chi connectivity index (χ1v) is 5.91. The molecule has 0 atom stereocenters. The Balaban J connectivity index is 2.94. The normalized spacial score (nSPS) is 11.3. The Morgan fingerprint density at radius 3 is 2.20 bits per heavy atom. The standard InChI is InChI=1S/C14H23N/c1-5-12(6-2)14-10-8-7-9-13(14)11-15(3)4/h7-10,12H,5-6,11H2,1-4H3. The van der Waals surface area contributed by atoms with Gasteiger partial charge in [0, 0.05) is 6.54 Å². The molecule has 84 valence electrons. The molecule has 0 radical (unpaired) electrons. The molecule has 0 aliphatic rings. The van der Waals surface area contributed by atoms with Crippen LogP contribution in [0.25, 0.3) is 0 Å². The van der Waals surface area contributed by atoms with Crippen LogP contribution in [0.2, 0.25) is 0 Å². The number of benzene rings is 1. The van der Waals surface area contributed by atoms with Crippen LogP contribution in [0.15, 0.2) is 24.3 Å². The molecule has 0 fully saturated rings. The van der Waals surface area contributed by atoms with Gasteiger partial charge in [-0.2, -0.15) is 0 Å². The molecule has 15 heavy (non-hydrogen) atoms. The SMILES string of the molecule is CCC(CC)c1ccccc1CN(C)C. The van der Waals surface area contributed by atoms with Crippen LogP contribution in [0.3, 0.4) is 0 Å². The van der Waals surface area contributed by atoms with Crippen LogP contribution in [-0.2, 0) is 6.54 Å². The molecule has 0 heterocycles. The third-order valence-electron chi connectivity index (χ3n) is 2.97. The molecule has 0 aromatic heterocycles. The zero-order chi connectivity index (χ0) is 11.3. The van der Waals surface area contributed by atoms with Crippen molar-refractivity contribution in [2.75, 3.05) is 14.1 Å². The molecule has 0 saturated heterocycles. The van der Waals surface area contributed by atoms with E-state index in [1.165, 1.54) is 24.0 Å². The largest absolute Gasteiger partial charge is 0.305 e. The van der Waals surface area contributed by atoms with Gasteiger partial charge in [-0.3, -0.25) is 0 Å². The van der Waals surface area contributed by atoms with Gasteiger partial charge in [0.15, 0.2) is 0 Å². The van der Waals surface area contributed by atoms with Crippen LogP contribution in [0.5, 0.6) is 0 Å². The minimum Gasteiger partial charge on any atom is -0.305 e. The molecule has 0 saturated carbocycles. The van der Waals surface area contributed by atoms with E-state index in [0.717, 1.165) is 12.5 Å². The first kappa shape index (κ1) is 12.3. The van der Waals surface area contributed by atoms with Crippen LogP contribution >= 0.6 is 0 Å². The topological polar surface area (TPSA) is 3.24 Å². The fourth-order valence-electron chi connectivity index (χ4n) is 2.15. The van der Waals surface area contributed by atoms with E-state index in [0.29, 0.717) is 0 Å². The minimum atomic E-state index is 0.723. The monoisotopic (exact) mass is 205 g/mol. The molecule has 0 bridgehead atoms. The Morgan fingerprint density at radius 1 is 1.07 bits per heavy atom. The quantitative estimate of drug-likeness (QED) is 0.709. The molecule has 1 heteroatoms. The van der Waals surface area contributed by atoms with Crippen LogP contribution in [-0.4, -0.2) is 19.0 Å². The van der Waals surface area contributed by atoms with Gasteiger partial charge < -0.3 is 4.90 Å². The van der Waals surface area contributed by atoms with E-state index in [1.807, 2.05) is 0 Å². The second-order valence-corrected chi connectivity index (χ2v) is 4.45. The second-order valence-electron chi connectivity index (χ2n) is 4.45. The fraction of sp³-hybridized carbons (Fsp3) is 0.571. The van der Waals surface area contributed by atoms with E-state index < -0.39 is 0 Å². The zero-order valence-corrected chi connectivity index (χ0v) is 10.5. The van der Waals surface area contributed by atoms with Gasteiger partial charge in [0.2, 0.25) is 0 Å². The van der Waals surface area contributed by atoms with Gasteiger partial charge in [-0.15, -0.1) is 0 Å². The van der Waals surface area contributed by atoms with Crippen molar-refractivity contribution in [3.8, 4) is 0 Å². The van der Waals surface area contributed by atoms with Gasteiger partial charge in [-0.25, -0.2) is 0 Å². The van der Waals surface area contributed by atoms with Crippen molar-refractivity contribution in [3.63, 3.8) is 0 Å². The summed E-state index contributed by atoms with van der Waals surface area (Å²) >= 11 is 0. The average Bonchev–Trinajstić information content (AvgIpc) is 2.21. The highest BCUT2D eigenvalue weighted by Gasteiger charge is 2.11. The second kappa shape index (κ2) is 5.92. The molecule has 0 aliphatic heterocycles. The smallest absolute Gasteiger partial charge is 0.0230 e. The van der Waals surface area contributed by atoms with Gasteiger partial charge in [0.1, 0.15) is 0 Å². The lowest BCUT2D eigenvalue weighted by Gasteiger charge is -2.19. The number of rotatable bonds is 5. The first-order chi connectivity index (χ1) is 7.19. The Morgan fingerprint density at radius 2 is 1.67 bits per heavy atom. The Bertz CT molecular complexity index is 287. The molecule has 0 N–H and O–H groups in total. The van der Waals surface area contributed by atoms with E-state index in [4.69, 9.17) is 0 Å². The lowest BCUT2D eigenvalue weighted by atomic mass is 9.90. The minimum absolute atomic E-state index is 0.723.